The number of ether oxygens (including phenoxy) is 1. The molecule has 1 aromatic heterocycles. The molecule has 2 aromatic carbocycles. The van der Waals surface area contributed by atoms with E-state index in [4.69, 9.17) is 16.1 Å². The van der Waals surface area contributed by atoms with Crippen LogP contribution < -0.4 is 15.0 Å². The fraction of sp³-hybridized carbons (Fsp3) is 0.500. The molecule has 5 aliphatic heterocycles. The molecule has 3 aromatic rings. The molecule has 0 amide bonds. The van der Waals surface area contributed by atoms with Crippen LogP contribution in [0.15, 0.2) is 29.2 Å². The minimum absolute atomic E-state index is 0.0251. The number of piperazine rings is 1. The van der Waals surface area contributed by atoms with Crippen molar-refractivity contribution in [1.82, 2.24) is 24.5 Å². The highest BCUT2D eigenvalue weighted by Crippen LogP contribution is 2.50. The topological polar surface area (TPSA) is 111 Å². The van der Waals surface area contributed by atoms with Crippen molar-refractivity contribution in [3.05, 3.63) is 46.9 Å². The summed E-state index contributed by atoms with van der Waals surface area (Å²) in [6, 6.07) is 5.16. The second-order valence-electron chi connectivity index (χ2n) is 14.7. The molecule has 6 aliphatic rings. The van der Waals surface area contributed by atoms with E-state index in [0.717, 1.165) is 55.4 Å². The number of anilines is 1. The highest BCUT2D eigenvalue weighted by molar-refractivity contribution is 7.89. The number of sulfonamides is 1. The number of phenolic OH excluding ortho intramolecular Hbond substituents is 1. The van der Waals surface area contributed by atoms with Crippen LogP contribution in [0.25, 0.3) is 22.3 Å². The predicted octanol–water partition coefficient (Wildman–Crippen LogP) is 4.56. The van der Waals surface area contributed by atoms with Crippen molar-refractivity contribution in [2.24, 2.45) is 5.92 Å². The Bertz CT molecular complexity index is 2110. The Hall–Kier alpha value is -4.06. The molecule has 0 spiro atoms. The van der Waals surface area contributed by atoms with Crippen LogP contribution in [-0.2, 0) is 10.0 Å². The zero-order valence-electron chi connectivity index (χ0n) is 27.3. The highest BCUT2D eigenvalue weighted by atomic mass is 32.2. The number of hydrogen-bond acceptors (Lipinski definition) is 9. The molecule has 2 unspecified atom stereocenters. The van der Waals surface area contributed by atoms with Crippen LogP contribution in [0.5, 0.6) is 11.8 Å². The van der Waals surface area contributed by atoms with Gasteiger partial charge in [-0.25, -0.2) is 21.6 Å². The number of benzene rings is 2. The number of phenols is 1. The van der Waals surface area contributed by atoms with E-state index in [2.05, 4.69) is 21.1 Å². The zero-order valence-corrected chi connectivity index (χ0v) is 28.2. The van der Waals surface area contributed by atoms with Crippen molar-refractivity contribution in [2.75, 3.05) is 44.2 Å². The Kier molecular flexibility index (Phi) is 7.32. The first-order chi connectivity index (χ1) is 24.0. The molecule has 10 nitrogen and oxygen atoms in total. The number of nitrogens with one attached hydrogen (secondary N) is 1. The van der Waals surface area contributed by atoms with Crippen LogP contribution in [0.1, 0.15) is 61.8 Å². The lowest BCUT2D eigenvalue weighted by molar-refractivity contribution is 0.107. The monoisotopic (exact) mass is 706 g/mol. The summed E-state index contributed by atoms with van der Waals surface area (Å²) in [5.74, 6) is 0.383. The van der Waals surface area contributed by atoms with Gasteiger partial charge in [-0.2, -0.15) is 9.97 Å². The third-order valence-corrected chi connectivity index (χ3v) is 13.2. The van der Waals surface area contributed by atoms with Gasteiger partial charge >= 0.3 is 6.01 Å². The summed E-state index contributed by atoms with van der Waals surface area (Å²) in [7, 11) is -4.54. The normalized spacial score (nSPS) is 28.6. The van der Waals surface area contributed by atoms with Gasteiger partial charge in [0.15, 0.2) is 16.5 Å². The fourth-order valence-electron chi connectivity index (χ4n) is 8.88. The smallest absolute Gasteiger partial charge is 0.319 e. The van der Waals surface area contributed by atoms with E-state index in [9.17, 15) is 17.9 Å². The average molecular weight is 707 g/mol. The molecule has 2 N–H and O–H groups in total. The first kappa shape index (κ1) is 31.9. The molecule has 9 rings (SSSR count). The summed E-state index contributed by atoms with van der Waals surface area (Å²) in [6.07, 6.45) is 10.0. The summed E-state index contributed by atoms with van der Waals surface area (Å²) in [5.41, 5.74) is -1.64. The Labute approximate surface area is 288 Å². The largest absolute Gasteiger partial charge is 0.508 e. The quantitative estimate of drug-likeness (QED) is 0.342. The van der Waals surface area contributed by atoms with E-state index in [0.29, 0.717) is 31.4 Å². The number of hydrogen-bond donors (Lipinski definition) is 2. The number of terminal acetylenes is 1. The Morgan fingerprint density at radius 1 is 1.10 bits per heavy atom. The van der Waals surface area contributed by atoms with E-state index in [1.807, 2.05) is 4.90 Å². The Morgan fingerprint density at radius 3 is 2.62 bits per heavy atom. The summed E-state index contributed by atoms with van der Waals surface area (Å²) in [5, 5.41) is 14.8. The molecule has 1 aliphatic carbocycles. The van der Waals surface area contributed by atoms with Crippen LogP contribution >= 0.6 is 0 Å². The lowest BCUT2D eigenvalue weighted by atomic mass is 9.95. The van der Waals surface area contributed by atoms with Gasteiger partial charge in [0, 0.05) is 55.6 Å². The number of alkyl halides is 1. The lowest BCUT2D eigenvalue weighted by Gasteiger charge is -2.38. The van der Waals surface area contributed by atoms with Crippen LogP contribution in [0.3, 0.4) is 0 Å². The Balaban J connectivity index is 1.26. The third-order valence-electron chi connectivity index (χ3n) is 11.4. The van der Waals surface area contributed by atoms with Crippen LogP contribution in [0.2, 0.25) is 0 Å². The summed E-state index contributed by atoms with van der Waals surface area (Å²) >= 11 is 0. The zero-order chi connectivity index (χ0) is 34.5. The standard InChI is InChI=1S/C36H37F3N6O4S/c1-2-26-28(38)9-6-21-12-25(46)13-27(29(21)26)32-30(39)31-33(50(47,48)45(32)15-20-4-5-20)34(43-17-23-7-8-24(18-43)40-23)42-35(41-31)49-19-36-10-3-11-44(36)16-22(37)14-36/h1,6,9,12-13,20,22-24,40,46H,3-5,7-8,10-11,14-19H2/t22-,23?,24?,36+/m1/s1. The number of halogens is 3. The molecular weight excluding hydrogens is 669 g/mol. The summed E-state index contributed by atoms with van der Waals surface area (Å²) < 4.78 is 84.6. The molecule has 1 saturated carbocycles. The van der Waals surface area contributed by atoms with Gasteiger partial charge in [0.05, 0.1) is 16.8 Å². The van der Waals surface area contributed by atoms with Crippen molar-refractivity contribution in [2.45, 2.75) is 73.6 Å². The third kappa shape index (κ3) is 5.03. The van der Waals surface area contributed by atoms with Gasteiger partial charge in [-0.3, -0.25) is 9.21 Å². The average Bonchev–Trinajstić information content (AvgIpc) is 3.62. The lowest BCUT2D eigenvalue weighted by Crippen LogP contribution is -2.52. The molecule has 14 heteroatoms. The predicted molar refractivity (Wildman–Crippen MR) is 181 cm³/mol. The van der Waals surface area contributed by atoms with Gasteiger partial charge in [0.25, 0.3) is 10.0 Å². The van der Waals surface area contributed by atoms with Gasteiger partial charge in [0.1, 0.15) is 30.0 Å². The van der Waals surface area contributed by atoms with E-state index < -0.39 is 39.1 Å². The molecule has 50 heavy (non-hydrogen) atoms. The van der Waals surface area contributed by atoms with Gasteiger partial charge in [-0.15, -0.1) is 6.42 Å². The minimum Gasteiger partial charge on any atom is -0.508 e. The molecular formula is C36H37F3N6O4S. The van der Waals surface area contributed by atoms with Crippen molar-refractivity contribution in [3.8, 4) is 24.1 Å². The first-order valence-electron chi connectivity index (χ1n) is 17.3. The SMILES string of the molecule is C#Cc1c(F)ccc2cc(O)cc(C3=C(F)c4nc(OC[C@@]56CCCN5C[C@H](F)C6)nc(N5CC6CCC(C5)N6)c4S(=O)(=O)N3CC3CC3)c12. The fourth-order valence-corrected chi connectivity index (χ4v) is 10.7. The van der Waals surface area contributed by atoms with E-state index >= 15 is 8.78 Å². The minimum atomic E-state index is -4.54. The maximum Gasteiger partial charge on any atom is 0.319 e. The van der Waals surface area contributed by atoms with Crippen molar-refractivity contribution < 1.29 is 31.4 Å². The summed E-state index contributed by atoms with van der Waals surface area (Å²) in [6.45, 7) is 2.02. The molecule has 4 atom stereocenters. The molecule has 4 saturated heterocycles. The number of aromatic hydroxyl groups is 1. The maximum absolute atomic E-state index is 17.6. The van der Waals surface area contributed by atoms with E-state index in [1.165, 1.54) is 18.2 Å². The first-order valence-corrected chi connectivity index (χ1v) is 18.8. The van der Waals surface area contributed by atoms with Crippen molar-refractivity contribution >= 4 is 38.1 Å². The van der Waals surface area contributed by atoms with E-state index in [-0.39, 0.29) is 75.8 Å². The highest BCUT2D eigenvalue weighted by Gasteiger charge is 2.50. The van der Waals surface area contributed by atoms with Gasteiger partial charge in [-0.05, 0) is 74.6 Å². The van der Waals surface area contributed by atoms with Gasteiger partial charge in [0.2, 0.25) is 0 Å². The van der Waals surface area contributed by atoms with Crippen LogP contribution in [-0.4, -0.2) is 95.8 Å². The Morgan fingerprint density at radius 2 is 1.88 bits per heavy atom. The second kappa shape index (κ2) is 11.5. The molecule has 2 bridgehead atoms. The summed E-state index contributed by atoms with van der Waals surface area (Å²) in [4.78, 5) is 12.8. The van der Waals surface area contributed by atoms with Crippen LogP contribution in [0, 0.1) is 24.1 Å². The van der Waals surface area contributed by atoms with Crippen molar-refractivity contribution in [1.29, 1.82) is 0 Å². The number of fused-ring (bicyclic) bond motifs is 5. The molecule has 0 radical (unpaired) electrons. The van der Waals surface area contributed by atoms with E-state index in [1.54, 1.807) is 0 Å². The molecule has 6 heterocycles. The molecule has 262 valence electrons. The number of aromatic nitrogens is 2. The van der Waals surface area contributed by atoms with Crippen LogP contribution in [0.4, 0.5) is 19.0 Å². The number of nitrogens with zero attached hydrogens (tertiary/aromatic N) is 5. The maximum atomic E-state index is 17.6. The van der Waals surface area contributed by atoms with Gasteiger partial charge < -0.3 is 20.1 Å². The van der Waals surface area contributed by atoms with Gasteiger partial charge in [-0.1, -0.05) is 12.0 Å². The molecule has 5 fully saturated rings. The number of rotatable bonds is 7. The van der Waals surface area contributed by atoms with Crippen molar-refractivity contribution in [3.63, 3.8) is 0 Å². The second-order valence-corrected chi connectivity index (χ2v) is 16.5.